The minimum Gasteiger partial charge on any atom is -0.395 e. The van der Waals surface area contributed by atoms with Crippen LogP contribution in [0.15, 0.2) is 15.9 Å². The number of nitrogens with two attached hydrogens (primary N) is 1. The first kappa shape index (κ1) is 14.5. The van der Waals surface area contributed by atoms with Crippen LogP contribution in [0.2, 0.25) is 0 Å². The minimum atomic E-state index is 0.143. The molecule has 0 saturated carbocycles. The van der Waals surface area contributed by atoms with E-state index in [4.69, 9.17) is 10.8 Å². The molecule has 0 fully saturated rings. The van der Waals surface area contributed by atoms with Crippen molar-refractivity contribution < 1.29 is 5.11 Å². The fourth-order valence-electron chi connectivity index (χ4n) is 1.37. The fourth-order valence-corrected chi connectivity index (χ4v) is 4.35. The highest BCUT2D eigenvalue weighted by Gasteiger charge is 2.22. The summed E-state index contributed by atoms with van der Waals surface area (Å²) in [4.78, 5) is 1.28. The molecular formula is C11H18BrNOS2. The van der Waals surface area contributed by atoms with E-state index in [9.17, 15) is 0 Å². The van der Waals surface area contributed by atoms with Gasteiger partial charge in [0.05, 0.1) is 15.6 Å². The second-order valence-electron chi connectivity index (χ2n) is 3.76. The van der Waals surface area contributed by atoms with Gasteiger partial charge in [0.1, 0.15) is 0 Å². The second-order valence-corrected chi connectivity index (χ2v) is 7.84. The van der Waals surface area contributed by atoms with Crippen LogP contribution in [0.4, 0.5) is 0 Å². The molecule has 16 heavy (non-hydrogen) atoms. The van der Waals surface area contributed by atoms with Gasteiger partial charge in [-0.2, -0.15) is 0 Å². The Bertz CT molecular complexity index is 319. The standard InChI is InChI=1S/C11H18BrNOS2/c1-3-8(13)11(15-7(2)6-14)9-4-5-10(12)16-9/h4-5,7-8,11,14H,3,6,13H2,1-2H3. The lowest BCUT2D eigenvalue weighted by atomic mass is 10.1. The second kappa shape index (κ2) is 7.01. The van der Waals surface area contributed by atoms with Crippen molar-refractivity contribution in [2.45, 2.75) is 36.8 Å². The van der Waals surface area contributed by atoms with E-state index in [0.29, 0.717) is 0 Å². The van der Waals surface area contributed by atoms with Gasteiger partial charge >= 0.3 is 0 Å². The van der Waals surface area contributed by atoms with Gasteiger partial charge in [0.15, 0.2) is 0 Å². The summed E-state index contributed by atoms with van der Waals surface area (Å²) >= 11 is 6.96. The summed E-state index contributed by atoms with van der Waals surface area (Å²) in [6.07, 6.45) is 0.950. The average Bonchev–Trinajstić information content (AvgIpc) is 2.71. The smallest absolute Gasteiger partial charge is 0.0701 e. The van der Waals surface area contributed by atoms with Crippen molar-refractivity contribution in [1.29, 1.82) is 0 Å². The van der Waals surface area contributed by atoms with Crippen LogP contribution in [-0.4, -0.2) is 23.0 Å². The third kappa shape index (κ3) is 4.04. The van der Waals surface area contributed by atoms with Crippen molar-refractivity contribution in [3.05, 3.63) is 20.8 Å². The zero-order valence-corrected chi connectivity index (χ0v) is 12.7. The molecule has 0 amide bonds. The van der Waals surface area contributed by atoms with Gasteiger partial charge in [-0.1, -0.05) is 13.8 Å². The number of hydrogen-bond acceptors (Lipinski definition) is 4. The van der Waals surface area contributed by atoms with Crippen LogP contribution in [0.3, 0.4) is 0 Å². The molecule has 2 nitrogen and oxygen atoms in total. The molecule has 0 aliphatic carbocycles. The summed E-state index contributed by atoms with van der Waals surface area (Å²) in [7, 11) is 0. The maximum atomic E-state index is 9.12. The predicted octanol–water partition coefficient (Wildman–Crippen LogP) is 3.40. The zero-order valence-electron chi connectivity index (χ0n) is 9.52. The van der Waals surface area contributed by atoms with E-state index in [1.54, 1.807) is 23.1 Å². The topological polar surface area (TPSA) is 46.2 Å². The number of thioether (sulfide) groups is 1. The molecule has 0 radical (unpaired) electrons. The number of halogens is 1. The van der Waals surface area contributed by atoms with E-state index in [0.717, 1.165) is 10.2 Å². The van der Waals surface area contributed by atoms with Crippen molar-refractivity contribution in [3.63, 3.8) is 0 Å². The van der Waals surface area contributed by atoms with Gasteiger partial charge in [0.2, 0.25) is 0 Å². The van der Waals surface area contributed by atoms with Crippen molar-refractivity contribution >= 4 is 39.0 Å². The number of rotatable bonds is 6. The van der Waals surface area contributed by atoms with E-state index < -0.39 is 0 Å². The summed E-state index contributed by atoms with van der Waals surface area (Å²) in [5.74, 6) is 0. The van der Waals surface area contributed by atoms with Gasteiger partial charge in [0, 0.05) is 16.2 Å². The Morgan fingerprint density at radius 2 is 2.25 bits per heavy atom. The lowest BCUT2D eigenvalue weighted by Crippen LogP contribution is -2.26. The van der Waals surface area contributed by atoms with Crippen LogP contribution in [0.1, 0.15) is 30.4 Å². The van der Waals surface area contributed by atoms with Crippen molar-refractivity contribution in [2.75, 3.05) is 6.61 Å². The summed E-state index contributed by atoms with van der Waals surface area (Å²) in [6, 6.07) is 4.32. The molecule has 5 heteroatoms. The van der Waals surface area contributed by atoms with E-state index in [1.807, 2.05) is 6.92 Å². The van der Waals surface area contributed by atoms with Gasteiger partial charge in [-0.25, -0.2) is 0 Å². The first-order chi connectivity index (χ1) is 7.58. The highest BCUT2D eigenvalue weighted by atomic mass is 79.9. The molecule has 1 heterocycles. The molecule has 1 aromatic rings. The summed E-state index contributed by atoms with van der Waals surface area (Å²) < 4.78 is 1.13. The number of aliphatic hydroxyl groups is 1. The van der Waals surface area contributed by atoms with Gasteiger partial charge in [-0.3, -0.25) is 0 Å². The van der Waals surface area contributed by atoms with Gasteiger partial charge in [0.25, 0.3) is 0 Å². The average molecular weight is 324 g/mol. The normalized spacial score (nSPS) is 17.1. The largest absolute Gasteiger partial charge is 0.395 e. The molecule has 0 spiro atoms. The number of aliphatic hydroxyl groups excluding tert-OH is 1. The third-order valence-corrected chi connectivity index (χ3v) is 5.74. The van der Waals surface area contributed by atoms with Crippen molar-refractivity contribution in [2.24, 2.45) is 5.73 Å². The Labute approximate surface area is 114 Å². The summed E-state index contributed by atoms with van der Waals surface area (Å²) in [5.41, 5.74) is 6.15. The third-order valence-electron chi connectivity index (χ3n) is 2.37. The van der Waals surface area contributed by atoms with E-state index in [2.05, 4.69) is 35.0 Å². The Morgan fingerprint density at radius 1 is 1.56 bits per heavy atom. The van der Waals surface area contributed by atoms with Crippen LogP contribution in [0.5, 0.6) is 0 Å². The Balaban J connectivity index is 2.78. The van der Waals surface area contributed by atoms with Gasteiger partial charge in [-0.15, -0.1) is 23.1 Å². The fraction of sp³-hybridized carbons (Fsp3) is 0.636. The van der Waals surface area contributed by atoms with Crippen LogP contribution in [0.25, 0.3) is 0 Å². The molecule has 0 aliphatic heterocycles. The predicted molar refractivity (Wildman–Crippen MR) is 77.2 cm³/mol. The molecule has 0 bridgehead atoms. The highest BCUT2D eigenvalue weighted by molar-refractivity contribution is 9.11. The van der Waals surface area contributed by atoms with Crippen LogP contribution in [0, 0.1) is 0 Å². The molecule has 3 N–H and O–H groups in total. The molecule has 92 valence electrons. The molecule has 0 saturated heterocycles. The van der Waals surface area contributed by atoms with Crippen LogP contribution >= 0.6 is 39.0 Å². The lowest BCUT2D eigenvalue weighted by molar-refractivity contribution is 0.299. The van der Waals surface area contributed by atoms with Crippen LogP contribution < -0.4 is 5.73 Å². The molecule has 1 aromatic heterocycles. The molecule has 0 aromatic carbocycles. The van der Waals surface area contributed by atoms with Crippen LogP contribution in [-0.2, 0) is 0 Å². The van der Waals surface area contributed by atoms with Gasteiger partial charge < -0.3 is 10.8 Å². The lowest BCUT2D eigenvalue weighted by Gasteiger charge is -2.23. The molecule has 3 atom stereocenters. The SMILES string of the molecule is CCC(N)C(SC(C)CO)c1ccc(Br)s1. The zero-order chi connectivity index (χ0) is 12.1. The number of hydrogen-bond donors (Lipinski definition) is 2. The molecule has 3 unspecified atom stereocenters. The molecule has 0 aliphatic rings. The Hall–Kier alpha value is 0.450. The number of thiophene rings is 1. The van der Waals surface area contributed by atoms with E-state index in [1.165, 1.54) is 4.88 Å². The van der Waals surface area contributed by atoms with Crippen molar-refractivity contribution in [1.82, 2.24) is 0 Å². The monoisotopic (exact) mass is 323 g/mol. The van der Waals surface area contributed by atoms with E-state index in [-0.39, 0.29) is 23.1 Å². The highest BCUT2D eigenvalue weighted by Crippen LogP contribution is 2.40. The molecular weight excluding hydrogens is 306 g/mol. The van der Waals surface area contributed by atoms with Crippen molar-refractivity contribution in [3.8, 4) is 0 Å². The molecule has 1 rings (SSSR count). The summed E-state index contributed by atoms with van der Waals surface area (Å²) in [6.45, 7) is 4.33. The summed E-state index contributed by atoms with van der Waals surface area (Å²) in [5, 5.41) is 9.63. The Kier molecular flexibility index (Phi) is 6.36. The maximum Gasteiger partial charge on any atom is 0.0701 e. The minimum absolute atomic E-state index is 0.143. The first-order valence-electron chi connectivity index (χ1n) is 5.35. The maximum absolute atomic E-state index is 9.12. The first-order valence-corrected chi connectivity index (χ1v) is 7.90. The Morgan fingerprint density at radius 3 is 2.69 bits per heavy atom. The van der Waals surface area contributed by atoms with Gasteiger partial charge in [-0.05, 0) is 34.5 Å². The quantitative estimate of drug-likeness (QED) is 0.843. The van der Waals surface area contributed by atoms with E-state index >= 15 is 0 Å².